The Kier molecular flexibility index (Phi) is 4.80. The quantitative estimate of drug-likeness (QED) is 0.689. The second kappa shape index (κ2) is 7.54. The van der Waals surface area contributed by atoms with Gasteiger partial charge in [-0.3, -0.25) is 9.69 Å². The predicted octanol–water partition coefficient (Wildman–Crippen LogP) is 3.93. The summed E-state index contributed by atoms with van der Waals surface area (Å²) >= 11 is 0. The van der Waals surface area contributed by atoms with Crippen molar-refractivity contribution < 1.29 is 4.79 Å². The molecule has 1 N–H and O–H groups in total. The zero-order valence-corrected chi connectivity index (χ0v) is 14.6. The van der Waals surface area contributed by atoms with Crippen LogP contribution in [0.3, 0.4) is 0 Å². The average molecular weight is 342 g/mol. The molecular formula is C23H22N2O. The first-order valence-corrected chi connectivity index (χ1v) is 8.98. The normalized spacial score (nSPS) is 19.0. The summed E-state index contributed by atoms with van der Waals surface area (Å²) in [4.78, 5) is 14.8. The number of carbonyl (C=O) groups is 1. The third-order valence-electron chi connectivity index (χ3n) is 4.89. The highest BCUT2D eigenvalue weighted by molar-refractivity contribution is 5.89. The van der Waals surface area contributed by atoms with Gasteiger partial charge in [-0.2, -0.15) is 0 Å². The smallest absolute Gasteiger partial charge is 0.240 e. The average Bonchev–Trinajstić information content (AvgIpc) is 2.68. The monoisotopic (exact) mass is 342 g/mol. The van der Waals surface area contributed by atoms with Crippen LogP contribution in [0.15, 0.2) is 91.0 Å². The second-order valence-corrected chi connectivity index (χ2v) is 6.72. The maximum atomic E-state index is 12.5. The van der Waals surface area contributed by atoms with Crippen molar-refractivity contribution in [3.8, 4) is 0 Å². The first-order chi connectivity index (χ1) is 12.8. The molecule has 2 atom stereocenters. The molecule has 0 saturated carbocycles. The van der Waals surface area contributed by atoms with Gasteiger partial charge < -0.3 is 5.32 Å². The Morgan fingerprint density at radius 2 is 1.15 bits per heavy atom. The van der Waals surface area contributed by atoms with Crippen LogP contribution in [0.4, 0.5) is 0 Å². The molecule has 0 unspecified atom stereocenters. The molecule has 0 radical (unpaired) electrons. The van der Waals surface area contributed by atoms with E-state index in [2.05, 4.69) is 46.6 Å². The molecule has 1 fully saturated rings. The van der Waals surface area contributed by atoms with Crippen molar-refractivity contribution in [2.75, 3.05) is 0 Å². The molecule has 0 aliphatic carbocycles. The maximum Gasteiger partial charge on any atom is 0.240 e. The fourth-order valence-corrected chi connectivity index (χ4v) is 3.56. The van der Waals surface area contributed by atoms with E-state index in [9.17, 15) is 4.79 Å². The molecule has 0 spiro atoms. The molecule has 4 rings (SSSR count). The summed E-state index contributed by atoms with van der Waals surface area (Å²) in [5.74, 6) is 0.103. The Balaban J connectivity index is 1.61. The van der Waals surface area contributed by atoms with Crippen LogP contribution in [-0.4, -0.2) is 16.8 Å². The van der Waals surface area contributed by atoms with Crippen molar-refractivity contribution in [3.05, 3.63) is 108 Å². The number of benzene rings is 3. The number of amides is 1. The van der Waals surface area contributed by atoms with Crippen molar-refractivity contribution in [1.82, 2.24) is 10.2 Å². The molecule has 26 heavy (non-hydrogen) atoms. The lowest BCUT2D eigenvalue weighted by Crippen LogP contribution is -2.63. The molecule has 1 heterocycles. The highest BCUT2D eigenvalue weighted by atomic mass is 16.2. The van der Waals surface area contributed by atoms with Crippen molar-refractivity contribution in [3.63, 3.8) is 0 Å². The Morgan fingerprint density at radius 3 is 1.62 bits per heavy atom. The molecule has 3 aromatic carbocycles. The molecule has 3 nitrogen and oxygen atoms in total. The highest BCUT2D eigenvalue weighted by Gasteiger charge is 2.44. The summed E-state index contributed by atoms with van der Waals surface area (Å²) in [5, 5.41) is 3.08. The van der Waals surface area contributed by atoms with E-state index in [0.717, 1.165) is 18.7 Å². The number of nitrogens with one attached hydrogen (secondary N) is 1. The minimum atomic E-state index is -0.155. The van der Waals surface area contributed by atoms with Crippen molar-refractivity contribution >= 4 is 5.91 Å². The van der Waals surface area contributed by atoms with Crippen LogP contribution < -0.4 is 5.32 Å². The van der Waals surface area contributed by atoms with Gasteiger partial charge in [-0.05, 0) is 16.7 Å². The summed E-state index contributed by atoms with van der Waals surface area (Å²) in [6, 6.07) is 30.8. The third kappa shape index (κ3) is 3.53. The highest BCUT2D eigenvalue weighted by Crippen LogP contribution is 2.31. The minimum absolute atomic E-state index is 0.0381. The Bertz CT molecular complexity index is 808. The third-order valence-corrected chi connectivity index (χ3v) is 4.89. The molecule has 0 bridgehead atoms. The van der Waals surface area contributed by atoms with Gasteiger partial charge in [-0.25, -0.2) is 0 Å². The van der Waals surface area contributed by atoms with Crippen LogP contribution in [0.25, 0.3) is 0 Å². The second-order valence-electron chi connectivity index (χ2n) is 6.72. The zero-order chi connectivity index (χ0) is 17.8. The topological polar surface area (TPSA) is 32.3 Å². The lowest BCUT2D eigenvalue weighted by Gasteiger charge is -2.44. The molecule has 1 saturated heterocycles. The standard InChI is InChI=1S/C23H22N2O/c26-23-22(21(24-23)20-14-8-3-9-15-20)25(16-18-10-4-1-5-11-18)17-19-12-6-2-7-13-19/h1-15,21-22H,16-17H2,(H,24,26)/t21-,22+/m0/s1. The summed E-state index contributed by atoms with van der Waals surface area (Å²) in [5.41, 5.74) is 3.59. The number of rotatable bonds is 6. The molecule has 1 amide bonds. The largest absolute Gasteiger partial charge is 0.346 e. The maximum absolute atomic E-state index is 12.5. The van der Waals surface area contributed by atoms with Crippen LogP contribution in [0.1, 0.15) is 22.7 Å². The lowest BCUT2D eigenvalue weighted by atomic mass is 9.89. The van der Waals surface area contributed by atoms with Gasteiger partial charge in [0.05, 0.1) is 6.04 Å². The van der Waals surface area contributed by atoms with E-state index in [4.69, 9.17) is 0 Å². The lowest BCUT2D eigenvalue weighted by molar-refractivity contribution is -0.138. The van der Waals surface area contributed by atoms with Crippen molar-refractivity contribution in [2.45, 2.75) is 25.2 Å². The first kappa shape index (κ1) is 16.6. The van der Waals surface area contributed by atoms with E-state index >= 15 is 0 Å². The molecular weight excluding hydrogens is 320 g/mol. The zero-order valence-electron chi connectivity index (χ0n) is 14.6. The van der Waals surface area contributed by atoms with Gasteiger partial charge in [0.15, 0.2) is 0 Å². The minimum Gasteiger partial charge on any atom is -0.346 e. The SMILES string of the molecule is O=C1N[C@@H](c2ccccc2)[C@H]1N(Cc1ccccc1)Cc1ccccc1. The number of hydrogen-bond donors (Lipinski definition) is 1. The van der Waals surface area contributed by atoms with Gasteiger partial charge in [0.2, 0.25) is 5.91 Å². The van der Waals surface area contributed by atoms with Gasteiger partial charge in [0, 0.05) is 13.1 Å². The van der Waals surface area contributed by atoms with E-state index in [1.807, 2.05) is 54.6 Å². The molecule has 1 aliphatic heterocycles. The van der Waals surface area contributed by atoms with Gasteiger partial charge in [0.1, 0.15) is 6.04 Å². The van der Waals surface area contributed by atoms with Gasteiger partial charge in [-0.15, -0.1) is 0 Å². The van der Waals surface area contributed by atoms with Crippen molar-refractivity contribution in [1.29, 1.82) is 0 Å². The van der Waals surface area contributed by atoms with Gasteiger partial charge in [-0.1, -0.05) is 91.0 Å². The van der Waals surface area contributed by atoms with Crippen LogP contribution in [-0.2, 0) is 17.9 Å². The van der Waals surface area contributed by atoms with Crippen LogP contribution in [0.5, 0.6) is 0 Å². The Morgan fingerprint density at radius 1 is 0.692 bits per heavy atom. The van der Waals surface area contributed by atoms with E-state index in [0.29, 0.717) is 0 Å². The number of hydrogen-bond acceptors (Lipinski definition) is 2. The van der Waals surface area contributed by atoms with E-state index in [1.54, 1.807) is 0 Å². The molecule has 3 heteroatoms. The fraction of sp³-hybridized carbons (Fsp3) is 0.174. The number of β-lactam (4-membered cyclic amide) rings is 1. The van der Waals surface area contributed by atoms with Crippen molar-refractivity contribution in [2.24, 2.45) is 0 Å². The molecule has 130 valence electrons. The summed E-state index contributed by atoms with van der Waals surface area (Å²) in [6.45, 7) is 1.49. The molecule has 0 aromatic heterocycles. The summed E-state index contributed by atoms with van der Waals surface area (Å²) < 4.78 is 0. The Labute approximate surface area is 154 Å². The Hall–Kier alpha value is -2.91. The molecule has 3 aromatic rings. The summed E-state index contributed by atoms with van der Waals surface area (Å²) in [7, 11) is 0. The predicted molar refractivity (Wildman–Crippen MR) is 103 cm³/mol. The van der Waals surface area contributed by atoms with Crippen LogP contribution >= 0.6 is 0 Å². The number of nitrogens with zero attached hydrogens (tertiary/aromatic N) is 1. The molecule has 1 aliphatic rings. The summed E-state index contributed by atoms with van der Waals surface area (Å²) in [6.07, 6.45) is 0. The van der Waals surface area contributed by atoms with Crippen LogP contribution in [0, 0.1) is 0 Å². The van der Waals surface area contributed by atoms with Gasteiger partial charge in [0.25, 0.3) is 0 Å². The van der Waals surface area contributed by atoms with Gasteiger partial charge >= 0.3 is 0 Å². The fourth-order valence-electron chi connectivity index (χ4n) is 3.56. The van der Waals surface area contributed by atoms with E-state index in [-0.39, 0.29) is 18.0 Å². The van der Waals surface area contributed by atoms with E-state index < -0.39 is 0 Å². The van der Waals surface area contributed by atoms with Crippen LogP contribution in [0.2, 0.25) is 0 Å². The number of carbonyl (C=O) groups excluding carboxylic acids is 1. The first-order valence-electron chi connectivity index (χ1n) is 8.98. The van der Waals surface area contributed by atoms with E-state index in [1.165, 1.54) is 11.1 Å².